The third kappa shape index (κ3) is 3.01. The highest BCUT2D eigenvalue weighted by atomic mass is 16.5. The lowest BCUT2D eigenvalue weighted by Crippen LogP contribution is -2.41. The molecule has 0 saturated carbocycles. The number of ether oxygens (including phenoxy) is 1. The summed E-state index contributed by atoms with van der Waals surface area (Å²) < 4.78 is 5.30. The van der Waals surface area contributed by atoms with Crippen LogP contribution in [0.4, 0.5) is 5.69 Å². The van der Waals surface area contributed by atoms with Gasteiger partial charge in [0.1, 0.15) is 0 Å². The molecule has 1 saturated heterocycles. The minimum absolute atomic E-state index is 0.155. The highest BCUT2D eigenvalue weighted by Crippen LogP contribution is 2.16. The Labute approximate surface area is 108 Å². The molecule has 0 radical (unpaired) electrons. The molecule has 1 fully saturated rings. The summed E-state index contributed by atoms with van der Waals surface area (Å²) in [5.74, 6) is 0.155. The smallest absolute Gasteiger partial charge is 0.227 e. The van der Waals surface area contributed by atoms with E-state index in [1.165, 1.54) is 0 Å². The fraction of sp³-hybridized carbons (Fsp3) is 0.500. The fourth-order valence-electron chi connectivity index (χ4n) is 2.31. The molecule has 1 aromatic rings. The van der Waals surface area contributed by atoms with Crippen molar-refractivity contribution in [1.82, 2.24) is 4.90 Å². The van der Waals surface area contributed by atoms with Gasteiger partial charge in [-0.1, -0.05) is 18.2 Å². The monoisotopic (exact) mass is 248 g/mol. The molecule has 98 valence electrons. The SMILES string of the molecule is COC1CCN(C(=O)Cc2ccccc2N)CC1. The van der Waals surface area contributed by atoms with E-state index in [-0.39, 0.29) is 5.91 Å². The summed E-state index contributed by atoms with van der Waals surface area (Å²) in [6, 6.07) is 7.54. The molecular formula is C14H20N2O2. The number of rotatable bonds is 3. The number of nitrogens with two attached hydrogens (primary N) is 1. The van der Waals surface area contributed by atoms with Gasteiger partial charge in [-0.3, -0.25) is 4.79 Å². The van der Waals surface area contributed by atoms with E-state index in [4.69, 9.17) is 10.5 Å². The topological polar surface area (TPSA) is 55.6 Å². The predicted molar refractivity (Wildman–Crippen MR) is 71.2 cm³/mol. The van der Waals surface area contributed by atoms with Crippen molar-refractivity contribution in [2.45, 2.75) is 25.4 Å². The van der Waals surface area contributed by atoms with Gasteiger partial charge in [-0.05, 0) is 24.5 Å². The van der Waals surface area contributed by atoms with Crippen LogP contribution in [0.1, 0.15) is 18.4 Å². The summed E-state index contributed by atoms with van der Waals surface area (Å²) in [7, 11) is 1.73. The van der Waals surface area contributed by atoms with Gasteiger partial charge in [0.25, 0.3) is 0 Å². The number of para-hydroxylation sites is 1. The van der Waals surface area contributed by atoms with E-state index < -0.39 is 0 Å². The van der Waals surface area contributed by atoms with Crippen molar-refractivity contribution in [3.05, 3.63) is 29.8 Å². The van der Waals surface area contributed by atoms with E-state index in [9.17, 15) is 4.79 Å². The van der Waals surface area contributed by atoms with Crippen LogP contribution in [0.3, 0.4) is 0 Å². The maximum absolute atomic E-state index is 12.1. The van der Waals surface area contributed by atoms with Crippen LogP contribution in [0.15, 0.2) is 24.3 Å². The Morgan fingerprint density at radius 1 is 1.39 bits per heavy atom. The molecule has 0 unspecified atom stereocenters. The number of methoxy groups -OCH3 is 1. The Morgan fingerprint density at radius 3 is 2.67 bits per heavy atom. The second kappa shape index (κ2) is 5.87. The van der Waals surface area contributed by atoms with Crippen LogP contribution >= 0.6 is 0 Å². The standard InChI is InChI=1S/C14H20N2O2/c1-18-12-6-8-16(9-7-12)14(17)10-11-4-2-3-5-13(11)15/h2-5,12H,6-10,15H2,1H3. The molecular weight excluding hydrogens is 228 g/mol. The van der Waals surface area contributed by atoms with E-state index >= 15 is 0 Å². The Balaban J connectivity index is 1.91. The molecule has 1 aliphatic rings. The first kappa shape index (κ1) is 12.9. The normalized spacial score (nSPS) is 16.8. The lowest BCUT2D eigenvalue weighted by Gasteiger charge is -2.31. The second-order valence-electron chi connectivity index (χ2n) is 4.69. The Kier molecular flexibility index (Phi) is 4.20. The van der Waals surface area contributed by atoms with Crippen molar-refractivity contribution in [1.29, 1.82) is 0 Å². The number of likely N-dealkylation sites (tertiary alicyclic amines) is 1. The van der Waals surface area contributed by atoms with Crippen LogP contribution in [0.2, 0.25) is 0 Å². The molecule has 0 atom stereocenters. The molecule has 0 aromatic heterocycles. The van der Waals surface area contributed by atoms with Crippen molar-refractivity contribution in [3.63, 3.8) is 0 Å². The first-order chi connectivity index (χ1) is 8.70. The molecule has 0 spiro atoms. The van der Waals surface area contributed by atoms with E-state index in [1.54, 1.807) is 7.11 Å². The van der Waals surface area contributed by atoms with E-state index in [2.05, 4.69) is 0 Å². The number of carbonyl (C=O) groups is 1. The van der Waals surface area contributed by atoms with Gasteiger partial charge in [0.15, 0.2) is 0 Å². The fourth-order valence-corrected chi connectivity index (χ4v) is 2.31. The van der Waals surface area contributed by atoms with E-state index in [0.717, 1.165) is 31.5 Å². The molecule has 1 aromatic carbocycles. The number of benzene rings is 1. The van der Waals surface area contributed by atoms with E-state index in [0.29, 0.717) is 18.2 Å². The number of hydrogen-bond acceptors (Lipinski definition) is 3. The molecule has 0 bridgehead atoms. The van der Waals surface area contributed by atoms with Crippen molar-refractivity contribution in [3.8, 4) is 0 Å². The number of anilines is 1. The molecule has 1 amide bonds. The maximum atomic E-state index is 12.1. The van der Waals surface area contributed by atoms with Crippen LogP contribution in [0.25, 0.3) is 0 Å². The van der Waals surface area contributed by atoms with Gasteiger partial charge in [0.2, 0.25) is 5.91 Å². The molecule has 2 N–H and O–H groups in total. The molecule has 18 heavy (non-hydrogen) atoms. The van der Waals surface area contributed by atoms with Gasteiger partial charge in [-0.15, -0.1) is 0 Å². The number of nitrogen functional groups attached to an aromatic ring is 1. The lowest BCUT2D eigenvalue weighted by atomic mass is 10.1. The summed E-state index contributed by atoms with van der Waals surface area (Å²) in [6.07, 6.45) is 2.54. The van der Waals surface area contributed by atoms with Crippen molar-refractivity contribution < 1.29 is 9.53 Å². The van der Waals surface area contributed by atoms with Crippen molar-refractivity contribution in [2.24, 2.45) is 0 Å². The average molecular weight is 248 g/mol. The Bertz CT molecular complexity index is 412. The zero-order valence-corrected chi connectivity index (χ0v) is 10.8. The van der Waals surface area contributed by atoms with Crippen LogP contribution in [-0.4, -0.2) is 37.1 Å². The maximum Gasteiger partial charge on any atom is 0.227 e. The zero-order chi connectivity index (χ0) is 13.0. The van der Waals surface area contributed by atoms with Crippen LogP contribution in [-0.2, 0) is 16.0 Å². The molecule has 1 aliphatic heterocycles. The van der Waals surface area contributed by atoms with Gasteiger partial charge in [0, 0.05) is 25.9 Å². The van der Waals surface area contributed by atoms with Crippen LogP contribution in [0, 0.1) is 0 Å². The number of nitrogens with zero attached hydrogens (tertiary/aromatic N) is 1. The van der Waals surface area contributed by atoms with Gasteiger partial charge in [-0.2, -0.15) is 0 Å². The summed E-state index contributed by atoms with van der Waals surface area (Å²) in [5, 5.41) is 0. The number of piperidine rings is 1. The first-order valence-corrected chi connectivity index (χ1v) is 6.34. The molecule has 4 nitrogen and oxygen atoms in total. The molecule has 1 heterocycles. The third-order valence-electron chi connectivity index (χ3n) is 3.52. The third-order valence-corrected chi connectivity index (χ3v) is 3.52. The molecule has 4 heteroatoms. The van der Waals surface area contributed by atoms with Gasteiger partial charge >= 0.3 is 0 Å². The average Bonchev–Trinajstić information content (AvgIpc) is 2.41. The first-order valence-electron chi connectivity index (χ1n) is 6.34. The van der Waals surface area contributed by atoms with Crippen LogP contribution < -0.4 is 5.73 Å². The summed E-state index contributed by atoms with van der Waals surface area (Å²) in [5.41, 5.74) is 7.46. The Morgan fingerprint density at radius 2 is 2.06 bits per heavy atom. The largest absolute Gasteiger partial charge is 0.398 e. The number of hydrogen-bond donors (Lipinski definition) is 1. The highest BCUT2D eigenvalue weighted by Gasteiger charge is 2.22. The van der Waals surface area contributed by atoms with Gasteiger partial charge < -0.3 is 15.4 Å². The second-order valence-corrected chi connectivity index (χ2v) is 4.69. The van der Waals surface area contributed by atoms with Crippen molar-refractivity contribution in [2.75, 3.05) is 25.9 Å². The van der Waals surface area contributed by atoms with E-state index in [1.807, 2.05) is 29.2 Å². The van der Waals surface area contributed by atoms with Gasteiger partial charge in [-0.25, -0.2) is 0 Å². The lowest BCUT2D eigenvalue weighted by molar-refractivity contribution is -0.132. The minimum Gasteiger partial charge on any atom is -0.398 e. The highest BCUT2D eigenvalue weighted by molar-refractivity contribution is 5.80. The van der Waals surface area contributed by atoms with Gasteiger partial charge in [0.05, 0.1) is 12.5 Å². The minimum atomic E-state index is 0.155. The summed E-state index contributed by atoms with van der Waals surface area (Å²) in [4.78, 5) is 14.0. The Hall–Kier alpha value is -1.55. The number of amides is 1. The predicted octanol–water partition coefficient (Wildman–Crippen LogP) is 1.45. The summed E-state index contributed by atoms with van der Waals surface area (Å²) in [6.45, 7) is 1.56. The number of carbonyl (C=O) groups excluding carboxylic acids is 1. The molecule has 0 aliphatic carbocycles. The van der Waals surface area contributed by atoms with Crippen molar-refractivity contribution >= 4 is 11.6 Å². The quantitative estimate of drug-likeness (QED) is 0.824. The summed E-state index contributed by atoms with van der Waals surface area (Å²) >= 11 is 0. The zero-order valence-electron chi connectivity index (χ0n) is 10.8. The molecule has 2 rings (SSSR count). The van der Waals surface area contributed by atoms with Crippen LogP contribution in [0.5, 0.6) is 0 Å².